The molecule has 1 saturated heterocycles. The number of nitrogens with zero attached hydrogens (tertiary/aromatic N) is 1. The first-order chi connectivity index (χ1) is 18.0. The highest BCUT2D eigenvalue weighted by Crippen LogP contribution is 2.61. The highest BCUT2D eigenvalue weighted by molar-refractivity contribution is 6.08. The lowest BCUT2D eigenvalue weighted by Gasteiger charge is -2.45. The predicted octanol–water partition coefficient (Wildman–Crippen LogP) is 5.20. The van der Waals surface area contributed by atoms with Crippen LogP contribution < -0.4 is 0 Å². The van der Waals surface area contributed by atoms with Crippen LogP contribution in [0.2, 0.25) is 0 Å². The fourth-order valence-electron chi connectivity index (χ4n) is 7.30. The second kappa shape index (κ2) is 7.99. The second-order valence-corrected chi connectivity index (χ2v) is 10.5. The first kappa shape index (κ1) is 22.2. The van der Waals surface area contributed by atoms with E-state index in [0.29, 0.717) is 11.1 Å². The van der Waals surface area contributed by atoms with Crippen LogP contribution in [0.15, 0.2) is 109 Å². The maximum atomic E-state index is 14.3. The Bertz CT molecular complexity index is 1370. The van der Waals surface area contributed by atoms with E-state index in [1.54, 1.807) is 6.92 Å². The maximum Gasteiger partial charge on any atom is 0.234 e. The van der Waals surface area contributed by atoms with E-state index >= 15 is 0 Å². The minimum absolute atomic E-state index is 0.169. The molecule has 8 rings (SSSR count). The Kier molecular flexibility index (Phi) is 4.79. The summed E-state index contributed by atoms with van der Waals surface area (Å²) in [6.07, 6.45) is 0. The summed E-state index contributed by atoms with van der Waals surface area (Å²) >= 11 is 0. The van der Waals surface area contributed by atoms with Crippen LogP contribution in [0.1, 0.15) is 52.1 Å². The number of carbonyl (C=O) groups excluding carboxylic acids is 2. The molecule has 4 heteroatoms. The third-order valence-corrected chi connectivity index (χ3v) is 8.90. The zero-order chi connectivity index (χ0) is 25.3. The van der Waals surface area contributed by atoms with Crippen molar-refractivity contribution in [3.8, 4) is 0 Å². The van der Waals surface area contributed by atoms with Crippen LogP contribution in [-0.2, 0) is 15.2 Å². The van der Waals surface area contributed by atoms with Gasteiger partial charge in [0.15, 0.2) is 0 Å². The number of benzene rings is 4. The third kappa shape index (κ3) is 2.88. The number of aliphatic hydroxyl groups is 1. The van der Waals surface area contributed by atoms with E-state index in [0.717, 1.165) is 22.3 Å². The standard InChI is InChI=1S/C33H27NO3/c1-20(33(37,21-12-4-2-5-13-21)22-14-6-3-7-15-22)34-31(35)29-27-23-16-8-9-17-24(23)28(30(29)32(34)36)26-19-11-10-18-25(26)27/h2-20,27-30,37H,1H3/t20-,27?,28?,29-,30+/m0/s1. The van der Waals surface area contributed by atoms with Gasteiger partial charge in [-0.2, -0.15) is 0 Å². The quantitative estimate of drug-likeness (QED) is 0.404. The van der Waals surface area contributed by atoms with Gasteiger partial charge in [0.05, 0.1) is 17.9 Å². The van der Waals surface area contributed by atoms with Crippen molar-refractivity contribution in [2.75, 3.05) is 0 Å². The molecule has 2 amide bonds. The number of hydrogen-bond acceptors (Lipinski definition) is 3. The van der Waals surface area contributed by atoms with Gasteiger partial charge in [0, 0.05) is 11.8 Å². The van der Waals surface area contributed by atoms with E-state index in [2.05, 4.69) is 24.3 Å². The van der Waals surface area contributed by atoms with Gasteiger partial charge in [0.2, 0.25) is 11.8 Å². The van der Waals surface area contributed by atoms with Gasteiger partial charge in [-0.3, -0.25) is 14.5 Å². The zero-order valence-electron chi connectivity index (χ0n) is 20.5. The smallest absolute Gasteiger partial charge is 0.234 e. The first-order valence-corrected chi connectivity index (χ1v) is 12.9. The van der Waals surface area contributed by atoms with Gasteiger partial charge in [-0.15, -0.1) is 0 Å². The lowest BCUT2D eigenvalue weighted by molar-refractivity contribution is -0.148. The van der Waals surface area contributed by atoms with E-state index in [-0.39, 0.29) is 23.7 Å². The van der Waals surface area contributed by atoms with Crippen LogP contribution in [0.25, 0.3) is 0 Å². The van der Waals surface area contributed by atoms with Crippen molar-refractivity contribution >= 4 is 11.8 Å². The average molecular weight is 486 g/mol. The Balaban J connectivity index is 1.38. The second-order valence-electron chi connectivity index (χ2n) is 10.5. The molecular weight excluding hydrogens is 458 g/mol. The monoisotopic (exact) mass is 485 g/mol. The largest absolute Gasteiger partial charge is 0.378 e. The molecule has 4 aromatic rings. The molecular formula is C33H27NO3. The topological polar surface area (TPSA) is 57.6 Å². The predicted molar refractivity (Wildman–Crippen MR) is 141 cm³/mol. The Morgan fingerprint density at radius 1 is 0.595 bits per heavy atom. The maximum absolute atomic E-state index is 14.3. The number of rotatable bonds is 4. The van der Waals surface area contributed by atoms with Crippen molar-refractivity contribution < 1.29 is 14.7 Å². The molecule has 4 aliphatic rings. The number of carbonyl (C=O) groups is 2. The van der Waals surface area contributed by atoms with Crippen LogP contribution in [0.3, 0.4) is 0 Å². The molecule has 1 N–H and O–H groups in total. The third-order valence-electron chi connectivity index (χ3n) is 8.90. The van der Waals surface area contributed by atoms with E-state index < -0.39 is 23.5 Å². The van der Waals surface area contributed by atoms with Crippen LogP contribution in [-0.4, -0.2) is 27.9 Å². The van der Waals surface area contributed by atoms with Crippen molar-refractivity contribution in [1.82, 2.24) is 4.90 Å². The molecule has 182 valence electrons. The number of amides is 2. The summed E-state index contributed by atoms with van der Waals surface area (Å²) in [6, 6.07) is 34.4. The number of likely N-dealkylation sites (tertiary alicyclic amines) is 1. The molecule has 0 radical (unpaired) electrons. The van der Waals surface area contributed by atoms with E-state index in [9.17, 15) is 14.7 Å². The average Bonchev–Trinajstić information content (AvgIpc) is 3.23. The highest BCUT2D eigenvalue weighted by atomic mass is 16.3. The molecule has 0 saturated carbocycles. The fraction of sp³-hybridized carbons (Fsp3) is 0.212. The summed E-state index contributed by atoms with van der Waals surface area (Å²) in [7, 11) is 0. The molecule has 0 aromatic heterocycles. The summed E-state index contributed by atoms with van der Waals surface area (Å²) in [5.74, 6) is -1.66. The molecule has 0 unspecified atom stereocenters. The van der Waals surface area contributed by atoms with Crippen LogP contribution in [0, 0.1) is 11.8 Å². The van der Waals surface area contributed by atoms with Crippen molar-refractivity contribution in [3.63, 3.8) is 0 Å². The zero-order valence-corrected chi connectivity index (χ0v) is 20.5. The summed E-state index contributed by atoms with van der Waals surface area (Å²) in [4.78, 5) is 30.0. The summed E-state index contributed by atoms with van der Waals surface area (Å²) in [6.45, 7) is 1.80. The summed E-state index contributed by atoms with van der Waals surface area (Å²) < 4.78 is 0. The molecule has 1 heterocycles. The highest BCUT2D eigenvalue weighted by Gasteiger charge is 2.63. The number of imide groups is 1. The molecule has 3 aliphatic carbocycles. The normalized spacial score (nSPS) is 24.4. The lowest BCUT2D eigenvalue weighted by atomic mass is 9.55. The van der Waals surface area contributed by atoms with Crippen LogP contribution in [0.5, 0.6) is 0 Å². The molecule has 1 fully saturated rings. The molecule has 0 spiro atoms. The molecule has 3 atom stereocenters. The Hall–Kier alpha value is -4.02. The Labute approximate surface area is 216 Å². The molecule has 37 heavy (non-hydrogen) atoms. The van der Waals surface area contributed by atoms with Crippen LogP contribution >= 0.6 is 0 Å². The lowest BCUT2D eigenvalue weighted by Crippen LogP contribution is -2.52. The van der Waals surface area contributed by atoms with Crippen molar-refractivity contribution in [1.29, 1.82) is 0 Å². The molecule has 4 nitrogen and oxygen atoms in total. The summed E-state index contributed by atoms with van der Waals surface area (Å²) in [5, 5.41) is 12.4. The van der Waals surface area contributed by atoms with Gasteiger partial charge in [-0.25, -0.2) is 0 Å². The minimum Gasteiger partial charge on any atom is -0.378 e. The minimum atomic E-state index is -1.56. The summed E-state index contributed by atoms with van der Waals surface area (Å²) in [5.41, 5.74) is 4.32. The van der Waals surface area contributed by atoms with Gasteiger partial charge in [0.1, 0.15) is 5.60 Å². The van der Waals surface area contributed by atoms with E-state index in [4.69, 9.17) is 0 Å². The van der Waals surface area contributed by atoms with E-state index in [1.807, 2.05) is 84.9 Å². The van der Waals surface area contributed by atoms with Crippen LogP contribution in [0.4, 0.5) is 0 Å². The van der Waals surface area contributed by atoms with Crippen molar-refractivity contribution in [3.05, 3.63) is 143 Å². The van der Waals surface area contributed by atoms with Gasteiger partial charge < -0.3 is 5.11 Å². The van der Waals surface area contributed by atoms with Gasteiger partial charge in [-0.05, 0) is 40.3 Å². The Morgan fingerprint density at radius 3 is 1.27 bits per heavy atom. The SMILES string of the molecule is C[C@H](N1C(=O)[C@@H]2C3c4ccccc4C(c4ccccc43)[C@@H]2C1=O)C(O)(c1ccccc1)c1ccccc1. The van der Waals surface area contributed by atoms with Crippen molar-refractivity contribution in [2.45, 2.75) is 30.4 Å². The number of hydrogen-bond donors (Lipinski definition) is 1. The Morgan fingerprint density at radius 2 is 0.919 bits per heavy atom. The van der Waals surface area contributed by atoms with Crippen molar-refractivity contribution in [2.24, 2.45) is 11.8 Å². The molecule has 4 aromatic carbocycles. The molecule has 1 aliphatic heterocycles. The van der Waals surface area contributed by atoms with Gasteiger partial charge >= 0.3 is 0 Å². The van der Waals surface area contributed by atoms with Gasteiger partial charge in [-0.1, -0.05) is 109 Å². The first-order valence-electron chi connectivity index (χ1n) is 12.9. The van der Waals surface area contributed by atoms with E-state index in [1.165, 1.54) is 4.90 Å². The fourth-order valence-corrected chi connectivity index (χ4v) is 7.30. The van der Waals surface area contributed by atoms with Gasteiger partial charge in [0.25, 0.3) is 0 Å². The molecule has 2 bridgehead atoms.